The fourth-order valence-electron chi connectivity index (χ4n) is 3.87. The summed E-state index contributed by atoms with van der Waals surface area (Å²) < 4.78 is 7.39. The second-order valence-corrected chi connectivity index (χ2v) is 10.2. The minimum atomic E-state index is 0.156. The fourth-order valence-corrected chi connectivity index (χ4v) is 5.93. The summed E-state index contributed by atoms with van der Waals surface area (Å²) in [5.74, 6) is 1.20. The summed E-state index contributed by atoms with van der Waals surface area (Å²) in [6.07, 6.45) is 2.12. The first kappa shape index (κ1) is 17.2. The molecule has 2 heterocycles. The van der Waals surface area contributed by atoms with Gasteiger partial charge in [0.25, 0.3) is 0 Å². The standard InChI is InChI=1S/C19H26N2O2S/c1-18(2)11-13(12-19(3,4)24-18)14-10-17(22)21(20-14)15-8-6-7-9-16(15)23-5/h6-10,13,22H,11-12H2,1-5H3. The predicted molar refractivity (Wildman–Crippen MR) is 99.5 cm³/mol. The first-order chi connectivity index (χ1) is 11.2. The quantitative estimate of drug-likeness (QED) is 0.871. The van der Waals surface area contributed by atoms with Gasteiger partial charge in [0.1, 0.15) is 11.4 Å². The molecule has 0 radical (unpaired) electrons. The highest BCUT2D eigenvalue weighted by Crippen LogP contribution is 2.52. The Hall–Kier alpha value is -1.62. The maximum atomic E-state index is 10.4. The molecule has 0 spiro atoms. The molecular weight excluding hydrogens is 320 g/mol. The van der Waals surface area contributed by atoms with Crippen LogP contribution in [-0.2, 0) is 0 Å². The van der Waals surface area contributed by atoms with Gasteiger partial charge in [0.05, 0.1) is 12.8 Å². The lowest BCUT2D eigenvalue weighted by Crippen LogP contribution is -2.35. The Morgan fingerprint density at radius 3 is 2.42 bits per heavy atom. The third kappa shape index (κ3) is 3.41. The van der Waals surface area contributed by atoms with E-state index in [4.69, 9.17) is 9.84 Å². The van der Waals surface area contributed by atoms with Crippen LogP contribution in [0.5, 0.6) is 11.6 Å². The van der Waals surface area contributed by atoms with Gasteiger partial charge in [-0.1, -0.05) is 39.8 Å². The summed E-state index contributed by atoms with van der Waals surface area (Å²) >= 11 is 2.04. The van der Waals surface area contributed by atoms with E-state index in [1.807, 2.05) is 36.0 Å². The molecule has 1 aromatic heterocycles. The zero-order valence-electron chi connectivity index (χ0n) is 15.0. The number of rotatable bonds is 3. The van der Waals surface area contributed by atoms with Gasteiger partial charge in [0.15, 0.2) is 0 Å². The van der Waals surface area contributed by atoms with Gasteiger partial charge in [-0.25, -0.2) is 0 Å². The van der Waals surface area contributed by atoms with Gasteiger partial charge in [-0.05, 0) is 25.0 Å². The molecule has 130 valence electrons. The third-order valence-electron chi connectivity index (χ3n) is 4.47. The first-order valence-corrected chi connectivity index (χ1v) is 9.15. The minimum Gasteiger partial charge on any atom is -0.494 e. The van der Waals surface area contributed by atoms with E-state index in [0.717, 1.165) is 24.2 Å². The van der Waals surface area contributed by atoms with Crippen molar-refractivity contribution >= 4 is 11.8 Å². The number of benzene rings is 1. The molecule has 0 bridgehead atoms. The molecule has 1 saturated heterocycles. The molecule has 1 fully saturated rings. The topological polar surface area (TPSA) is 47.3 Å². The second kappa shape index (κ2) is 6.03. The number of nitrogens with zero attached hydrogens (tertiary/aromatic N) is 2. The third-order valence-corrected chi connectivity index (χ3v) is 5.91. The number of thioether (sulfide) groups is 1. The lowest BCUT2D eigenvalue weighted by atomic mass is 9.85. The molecule has 0 unspecified atom stereocenters. The number of hydrogen-bond acceptors (Lipinski definition) is 4. The Morgan fingerprint density at radius 1 is 1.17 bits per heavy atom. The van der Waals surface area contributed by atoms with Gasteiger partial charge >= 0.3 is 0 Å². The molecule has 0 amide bonds. The SMILES string of the molecule is COc1ccccc1-n1nc(C2CC(C)(C)SC(C)(C)C2)cc1O. The normalized spacial score (nSPS) is 20.0. The number of methoxy groups -OCH3 is 1. The largest absolute Gasteiger partial charge is 0.494 e. The van der Waals surface area contributed by atoms with E-state index >= 15 is 0 Å². The summed E-state index contributed by atoms with van der Waals surface area (Å²) in [5.41, 5.74) is 1.72. The highest BCUT2D eigenvalue weighted by atomic mass is 32.2. The molecule has 4 nitrogen and oxygen atoms in total. The number of ether oxygens (including phenoxy) is 1. The van der Waals surface area contributed by atoms with Gasteiger partial charge in [-0.3, -0.25) is 0 Å². The Morgan fingerprint density at radius 2 is 1.79 bits per heavy atom. The van der Waals surface area contributed by atoms with Gasteiger partial charge in [-0.2, -0.15) is 9.78 Å². The van der Waals surface area contributed by atoms with Gasteiger partial charge < -0.3 is 9.84 Å². The predicted octanol–water partition coefficient (Wildman–Crippen LogP) is 4.75. The van der Waals surface area contributed by atoms with Crippen molar-refractivity contribution < 1.29 is 9.84 Å². The van der Waals surface area contributed by atoms with Crippen LogP contribution in [0.15, 0.2) is 30.3 Å². The smallest absolute Gasteiger partial charge is 0.214 e. The van der Waals surface area contributed by atoms with E-state index in [1.165, 1.54) is 0 Å². The minimum absolute atomic E-state index is 0.156. The van der Waals surface area contributed by atoms with Crippen LogP contribution in [0.25, 0.3) is 5.69 Å². The van der Waals surface area contributed by atoms with Crippen molar-refractivity contribution in [2.24, 2.45) is 0 Å². The second-order valence-electron chi connectivity index (χ2n) is 7.74. The van der Waals surface area contributed by atoms with Crippen molar-refractivity contribution in [3.8, 4) is 17.3 Å². The molecule has 1 aromatic carbocycles. The lowest BCUT2D eigenvalue weighted by Gasteiger charge is -2.44. The van der Waals surface area contributed by atoms with Gasteiger partial charge in [-0.15, -0.1) is 11.8 Å². The van der Waals surface area contributed by atoms with Crippen LogP contribution in [0, 0.1) is 0 Å². The van der Waals surface area contributed by atoms with E-state index in [2.05, 4.69) is 27.7 Å². The van der Waals surface area contributed by atoms with Crippen molar-refractivity contribution in [3.05, 3.63) is 36.0 Å². The Bertz CT molecular complexity index is 721. The van der Waals surface area contributed by atoms with Crippen LogP contribution in [0.4, 0.5) is 0 Å². The van der Waals surface area contributed by atoms with E-state index < -0.39 is 0 Å². The van der Waals surface area contributed by atoms with E-state index in [-0.39, 0.29) is 15.4 Å². The fraction of sp³-hybridized carbons (Fsp3) is 0.526. The monoisotopic (exact) mass is 346 g/mol. The van der Waals surface area contributed by atoms with E-state index in [9.17, 15) is 5.11 Å². The molecule has 1 aliphatic heterocycles. The average molecular weight is 346 g/mol. The first-order valence-electron chi connectivity index (χ1n) is 8.33. The number of aromatic hydroxyl groups is 1. The summed E-state index contributed by atoms with van der Waals surface area (Å²) in [7, 11) is 1.63. The van der Waals surface area contributed by atoms with Crippen molar-refractivity contribution in [2.75, 3.05) is 7.11 Å². The van der Waals surface area contributed by atoms with Crippen LogP contribution >= 0.6 is 11.8 Å². The molecule has 5 heteroatoms. The lowest BCUT2D eigenvalue weighted by molar-refractivity contribution is 0.400. The zero-order valence-corrected chi connectivity index (χ0v) is 15.9. The van der Waals surface area contributed by atoms with Gasteiger partial charge in [0.2, 0.25) is 5.88 Å². The molecule has 2 aromatic rings. The molecular formula is C19H26N2O2S. The molecule has 0 aliphatic carbocycles. The summed E-state index contributed by atoms with van der Waals surface area (Å²) in [6, 6.07) is 9.41. The number of hydrogen-bond donors (Lipinski definition) is 1. The Labute approximate surface area is 148 Å². The van der Waals surface area contributed by atoms with Crippen LogP contribution in [0.3, 0.4) is 0 Å². The van der Waals surface area contributed by atoms with Crippen molar-refractivity contribution in [1.29, 1.82) is 0 Å². The van der Waals surface area contributed by atoms with Crippen molar-refractivity contribution in [1.82, 2.24) is 9.78 Å². The van der Waals surface area contributed by atoms with Crippen molar-refractivity contribution in [2.45, 2.75) is 55.9 Å². The molecule has 1 aliphatic rings. The van der Waals surface area contributed by atoms with E-state index in [1.54, 1.807) is 17.9 Å². The molecule has 0 atom stereocenters. The maximum absolute atomic E-state index is 10.4. The Kier molecular flexibility index (Phi) is 4.32. The Balaban J connectivity index is 1.97. The highest BCUT2D eigenvalue weighted by molar-refractivity contribution is 8.01. The summed E-state index contributed by atoms with van der Waals surface area (Å²) in [4.78, 5) is 0. The van der Waals surface area contributed by atoms with Crippen LogP contribution in [0.1, 0.15) is 52.1 Å². The molecule has 3 rings (SSSR count). The molecule has 24 heavy (non-hydrogen) atoms. The zero-order chi connectivity index (χ0) is 17.5. The number of para-hydroxylation sites is 2. The van der Waals surface area contributed by atoms with Crippen LogP contribution in [0.2, 0.25) is 0 Å². The van der Waals surface area contributed by atoms with Gasteiger partial charge in [0, 0.05) is 21.5 Å². The van der Waals surface area contributed by atoms with E-state index in [0.29, 0.717) is 11.7 Å². The molecule has 0 saturated carbocycles. The maximum Gasteiger partial charge on any atom is 0.214 e. The summed E-state index contributed by atoms with van der Waals surface area (Å²) in [6.45, 7) is 9.18. The van der Waals surface area contributed by atoms with Crippen molar-refractivity contribution in [3.63, 3.8) is 0 Å². The van der Waals surface area contributed by atoms with Crippen LogP contribution < -0.4 is 4.74 Å². The van der Waals surface area contributed by atoms with Crippen LogP contribution in [-0.4, -0.2) is 31.5 Å². The summed E-state index contributed by atoms with van der Waals surface area (Å²) in [5, 5.41) is 15.2. The average Bonchev–Trinajstić information content (AvgIpc) is 2.86. The number of aromatic nitrogens is 2. The molecule has 1 N–H and O–H groups in total. The highest BCUT2D eigenvalue weighted by Gasteiger charge is 2.40.